The van der Waals surface area contributed by atoms with Gasteiger partial charge in [0, 0.05) is 13.1 Å². The number of unbranched alkanes of at least 4 members (excludes halogenated alkanes) is 2. The van der Waals surface area contributed by atoms with Crippen LogP contribution in [0.3, 0.4) is 0 Å². The van der Waals surface area contributed by atoms with Gasteiger partial charge in [-0.1, -0.05) is 31.9 Å². The Bertz CT molecular complexity index is 518. The molecule has 0 unspecified atom stereocenters. The largest absolute Gasteiger partial charge is 0.493 e. The number of rotatable bonds is 11. The monoisotopic (exact) mass is 337 g/mol. The van der Waals surface area contributed by atoms with Gasteiger partial charge in [-0.3, -0.25) is 9.59 Å². The Labute approximate surface area is 143 Å². The minimum Gasteiger partial charge on any atom is -0.493 e. The van der Waals surface area contributed by atoms with E-state index in [0.717, 1.165) is 19.3 Å². The number of methoxy groups -OCH3 is 2. The highest BCUT2D eigenvalue weighted by Crippen LogP contribution is 2.25. The van der Waals surface area contributed by atoms with Crippen molar-refractivity contribution in [1.29, 1.82) is 0 Å². The molecule has 0 saturated heterocycles. The maximum Gasteiger partial charge on any atom is 0.307 e. The van der Waals surface area contributed by atoms with Crippen LogP contribution in [0, 0.1) is 0 Å². The van der Waals surface area contributed by atoms with Gasteiger partial charge >= 0.3 is 5.97 Å². The van der Waals surface area contributed by atoms with Crippen LogP contribution in [0.15, 0.2) is 24.3 Å². The molecule has 0 spiro atoms. The van der Waals surface area contributed by atoms with Crippen molar-refractivity contribution in [2.24, 2.45) is 0 Å². The molecule has 6 nitrogen and oxygen atoms in total. The minimum absolute atomic E-state index is 0.0896. The molecule has 1 amide bonds. The maximum absolute atomic E-state index is 12.4. The van der Waals surface area contributed by atoms with Crippen molar-refractivity contribution < 1.29 is 23.8 Å². The summed E-state index contributed by atoms with van der Waals surface area (Å²) in [5, 5.41) is 0. The summed E-state index contributed by atoms with van der Waals surface area (Å²) >= 11 is 0. The predicted octanol–water partition coefficient (Wildman–Crippen LogP) is 2.66. The van der Waals surface area contributed by atoms with Crippen LogP contribution in [0.1, 0.15) is 32.6 Å². The van der Waals surface area contributed by atoms with E-state index in [1.807, 2.05) is 12.1 Å². The normalized spacial score (nSPS) is 10.1. The van der Waals surface area contributed by atoms with Crippen molar-refractivity contribution >= 4 is 11.9 Å². The maximum atomic E-state index is 12.4. The third-order valence-corrected chi connectivity index (χ3v) is 3.62. The zero-order chi connectivity index (χ0) is 17.8. The minimum atomic E-state index is -0.325. The Hall–Kier alpha value is -2.24. The van der Waals surface area contributed by atoms with E-state index in [-0.39, 0.29) is 24.9 Å². The van der Waals surface area contributed by atoms with Crippen molar-refractivity contribution in [3.8, 4) is 11.5 Å². The molecule has 0 N–H and O–H groups in total. The zero-order valence-corrected chi connectivity index (χ0v) is 14.7. The Morgan fingerprint density at radius 2 is 1.75 bits per heavy atom. The molecule has 0 aliphatic carbocycles. The van der Waals surface area contributed by atoms with E-state index in [1.54, 1.807) is 24.1 Å². The fourth-order valence-electron chi connectivity index (χ4n) is 2.21. The molecular weight excluding hydrogens is 310 g/mol. The van der Waals surface area contributed by atoms with Gasteiger partial charge < -0.3 is 19.1 Å². The molecule has 0 atom stereocenters. The molecule has 0 aromatic heterocycles. The summed E-state index contributed by atoms with van der Waals surface area (Å²) in [5.74, 6) is 0.627. The molecule has 6 heteroatoms. The lowest BCUT2D eigenvalue weighted by molar-refractivity contribution is -0.142. The number of esters is 1. The highest BCUT2D eigenvalue weighted by molar-refractivity contribution is 5.78. The van der Waals surface area contributed by atoms with Crippen molar-refractivity contribution in [1.82, 2.24) is 4.90 Å². The standard InChI is InChI=1S/C18H27NO5/c1-4-5-8-12-19(13-11-18(21)23-3)17(20)14-24-16-10-7-6-9-15(16)22-2/h6-7,9-10H,4-5,8,11-14H2,1-3H3. The molecule has 1 aromatic rings. The van der Waals surface area contributed by atoms with Gasteiger partial charge in [0.2, 0.25) is 0 Å². The first kappa shape index (κ1) is 19.8. The van der Waals surface area contributed by atoms with Crippen molar-refractivity contribution in [3.05, 3.63) is 24.3 Å². The molecule has 0 radical (unpaired) electrons. The Balaban J connectivity index is 2.59. The number of carbonyl (C=O) groups excluding carboxylic acids is 2. The molecule has 134 valence electrons. The Kier molecular flexibility index (Phi) is 9.34. The first-order chi connectivity index (χ1) is 11.6. The van der Waals surface area contributed by atoms with Crippen molar-refractivity contribution in [3.63, 3.8) is 0 Å². The smallest absolute Gasteiger partial charge is 0.307 e. The molecule has 0 aliphatic heterocycles. The second-order valence-electron chi connectivity index (χ2n) is 5.35. The number of benzene rings is 1. The van der Waals surface area contributed by atoms with E-state index in [9.17, 15) is 9.59 Å². The molecular formula is C18H27NO5. The first-order valence-corrected chi connectivity index (χ1v) is 8.22. The van der Waals surface area contributed by atoms with Crippen molar-refractivity contribution in [2.45, 2.75) is 32.6 Å². The van der Waals surface area contributed by atoms with Crippen LogP contribution in [0.5, 0.6) is 11.5 Å². The summed E-state index contributed by atoms with van der Waals surface area (Å²) in [7, 11) is 2.90. The summed E-state index contributed by atoms with van der Waals surface area (Å²) in [5.41, 5.74) is 0. The molecule has 1 rings (SSSR count). The summed E-state index contributed by atoms with van der Waals surface area (Å²) in [4.78, 5) is 25.4. The number of hydrogen-bond donors (Lipinski definition) is 0. The molecule has 0 heterocycles. The Morgan fingerprint density at radius 1 is 1.04 bits per heavy atom. The number of ether oxygens (including phenoxy) is 3. The van der Waals surface area contributed by atoms with E-state index in [2.05, 4.69) is 11.7 Å². The van der Waals surface area contributed by atoms with Crippen molar-refractivity contribution in [2.75, 3.05) is 33.9 Å². The molecule has 0 bridgehead atoms. The average Bonchev–Trinajstić information content (AvgIpc) is 2.62. The first-order valence-electron chi connectivity index (χ1n) is 8.22. The fourth-order valence-corrected chi connectivity index (χ4v) is 2.21. The van der Waals surface area contributed by atoms with Crippen LogP contribution >= 0.6 is 0 Å². The number of nitrogens with zero attached hydrogens (tertiary/aromatic N) is 1. The average molecular weight is 337 g/mol. The fraction of sp³-hybridized carbons (Fsp3) is 0.556. The van der Waals surface area contributed by atoms with Gasteiger partial charge in [0.15, 0.2) is 18.1 Å². The highest BCUT2D eigenvalue weighted by Gasteiger charge is 2.16. The van der Waals surface area contributed by atoms with Gasteiger partial charge in [0.05, 0.1) is 20.6 Å². The lowest BCUT2D eigenvalue weighted by atomic mass is 10.2. The topological polar surface area (TPSA) is 65.1 Å². The van der Waals surface area contributed by atoms with E-state index in [0.29, 0.717) is 24.6 Å². The third kappa shape index (κ3) is 6.89. The number of amides is 1. The molecule has 1 aromatic carbocycles. The van der Waals surface area contributed by atoms with E-state index < -0.39 is 0 Å². The van der Waals surface area contributed by atoms with Gasteiger partial charge in [-0.05, 0) is 18.6 Å². The van der Waals surface area contributed by atoms with Gasteiger partial charge in [0.1, 0.15) is 0 Å². The molecule has 0 saturated carbocycles. The van der Waals surface area contributed by atoms with Crippen LogP contribution in [-0.2, 0) is 14.3 Å². The van der Waals surface area contributed by atoms with E-state index >= 15 is 0 Å². The molecule has 24 heavy (non-hydrogen) atoms. The van der Waals surface area contributed by atoms with Crippen LogP contribution in [0.2, 0.25) is 0 Å². The second-order valence-corrected chi connectivity index (χ2v) is 5.35. The van der Waals surface area contributed by atoms with Gasteiger partial charge in [0.25, 0.3) is 5.91 Å². The van der Waals surface area contributed by atoms with Gasteiger partial charge in [-0.25, -0.2) is 0 Å². The predicted molar refractivity (Wildman–Crippen MR) is 91.2 cm³/mol. The quantitative estimate of drug-likeness (QED) is 0.459. The lowest BCUT2D eigenvalue weighted by Gasteiger charge is -2.22. The summed E-state index contributed by atoms with van der Waals surface area (Å²) in [6.45, 7) is 2.96. The number of hydrogen-bond acceptors (Lipinski definition) is 5. The van der Waals surface area contributed by atoms with Crippen LogP contribution in [-0.4, -0.2) is 50.7 Å². The summed E-state index contributed by atoms with van der Waals surface area (Å²) in [6.07, 6.45) is 3.19. The summed E-state index contributed by atoms with van der Waals surface area (Å²) in [6, 6.07) is 7.18. The van der Waals surface area contributed by atoms with E-state index in [4.69, 9.17) is 9.47 Å². The lowest BCUT2D eigenvalue weighted by Crippen LogP contribution is -2.37. The summed E-state index contributed by atoms with van der Waals surface area (Å²) < 4.78 is 15.4. The molecule has 0 fully saturated rings. The van der Waals surface area contributed by atoms with Crippen LogP contribution < -0.4 is 9.47 Å². The van der Waals surface area contributed by atoms with Crippen LogP contribution in [0.4, 0.5) is 0 Å². The highest BCUT2D eigenvalue weighted by atomic mass is 16.5. The Morgan fingerprint density at radius 3 is 2.38 bits per heavy atom. The van der Waals surface area contributed by atoms with Gasteiger partial charge in [-0.2, -0.15) is 0 Å². The second kappa shape index (κ2) is 11.3. The van der Waals surface area contributed by atoms with E-state index in [1.165, 1.54) is 7.11 Å². The number of para-hydroxylation sites is 2. The van der Waals surface area contributed by atoms with Crippen LogP contribution in [0.25, 0.3) is 0 Å². The molecule has 0 aliphatic rings. The SMILES string of the molecule is CCCCCN(CCC(=O)OC)C(=O)COc1ccccc1OC. The third-order valence-electron chi connectivity index (χ3n) is 3.62. The number of carbonyl (C=O) groups is 2. The van der Waals surface area contributed by atoms with Gasteiger partial charge in [-0.15, -0.1) is 0 Å². The zero-order valence-electron chi connectivity index (χ0n) is 14.7.